The number of hydrogen-bond acceptors (Lipinski definition) is 7. The van der Waals surface area contributed by atoms with Crippen LogP contribution >= 0.6 is 0 Å². The Kier molecular flexibility index (Phi) is 18.3. The van der Waals surface area contributed by atoms with Crippen LogP contribution in [0.25, 0.3) is 0 Å². The third-order valence-corrected chi connectivity index (χ3v) is 5.65. The standard InChI is InChI=1S/C22H34O5.C5H11NO2.C3H8/c1-16(2)18(7-8-19-9-11-22(23)27-19)14-17-6-10-20(25-4)21(15-17)26-13-5-12-24-3;1-5(2,3)8-4(6)7;1-3-2/h6,10,15-16,18-19H,5,7-9,11-14H2,1-4H3;1-3H3,(H2,6,7);3H2,1-2H3. The third kappa shape index (κ3) is 17.1. The molecule has 0 bridgehead atoms. The second-order valence-corrected chi connectivity index (χ2v) is 10.9. The molecule has 1 heterocycles. The molecule has 38 heavy (non-hydrogen) atoms. The fraction of sp³-hybridized carbons (Fsp3) is 0.733. The average Bonchev–Trinajstić information content (AvgIpc) is 3.23. The van der Waals surface area contributed by atoms with E-state index in [0.29, 0.717) is 31.5 Å². The highest BCUT2D eigenvalue weighted by molar-refractivity contribution is 5.71. The minimum absolute atomic E-state index is 0.0495. The summed E-state index contributed by atoms with van der Waals surface area (Å²) in [6.45, 7) is 15.3. The highest BCUT2D eigenvalue weighted by Crippen LogP contribution is 2.32. The van der Waals surface area contributed by atoms with Gasteiger partial charge >= 0.3 is 12.1 Å². The summed E-state index contributed by atoms with van der Waals surface area (Å²) in [6, 6.07) is 6.19. The number of esters is 1. The van der Waals surface area contributed by atoms with Crippen molar-refractivity contribution >= 4 is 12.1 Å². The van der Waals surface area contributed by atoms with Gasteiger partial charge in [0.15, 0.2) is 11.5 Å². The molecule has 1 aliphatic rings. The van der Waals surface area contributed by atoms with Gasteiger partial charge in [0.2, 0.25) is 0 Å². The summed E-state index contributed by atoms with van der Waals surface area (Å²) < 4.78 is 26.4. The van der Waals surface area contributed by atoms with Gasteiger partial charge in [-0.15, -0.1) is 0 Å². The molecular formula is C30H53NO7. The molecule has 220 valence electrons. The first kappa shape index (κ1) is 35.5. The van der Waals surface area contributed by atoms with Crippen LogP contribution in [-0.4, -0.2) is 51.2 Å². The molecule has 2 N–H and O–H groups in total. The van der Waals surface area contributed by atoms with Crippen molar-refractivity contribution in [2.45, 2.75) is 105 Å². The predicted octanol–water partition coefficient (Wildman–Crippen LogP) is 6.71. The maximum atomic E-state index is 11.3. The van der Waals surface area contributed by atoms with Crippen molar-refractivity contribution < 1.29 is 33.3 Å². The maximum absolute atomic E-state index is 11.3. The summed E-state index contributed by atoms with van der Waals surface area (Å²) in [7, 11) is 3.36. The van der Waals surface area contributed by atoms with E-state index in [1.807, 2.05) is 6.07 Å². The van der Waals surface area contributed by atoms with E-state index in [-0.39, 0.29) is 12.1 Å². The molecule has 1 aromatic carbocycles. The Morgan fingerprint density at radius 1 is 1.13 bits per heavy atom. The number of benzene rings is 1. The maximum Gasteiger partial charge on any atom is 0.405 e. The molecule has 2 atom stereocenters. The van der Waals surface area contributed by atoms with Crippen LogP contribution in [0.3, 0.4) is 0 Å². The normalized spacial score (nSPS) is 15.4. The Labute approximate surface area is 230 Å². The monoisotopic (exact) mass is 539 g/mol. The van der Waals surface area contributed by atoms with Crippen LogP contribution in [0.2, 0.25) is 0 Å². The lowest BCUT2D eigenvalue weighted by Gasteiger charge is -2.23. The lowest BCUT2D eigenvalue weighted by molar-refractivity contribution is -0.141. The fourth-order valence-corrected chi connectivity index (χ4v) is 3.81. The minimum Gasteiger partial charge on any atom is -0.493 e. The number of cyclic esters (lactones) is 1. The lowest BCUT2D eigenvalue weighted by atomic mass is 9.84. The van der Waals surface area contributed by atoms with Gasteiger partial charge in [-0.05, 0) is 76.0 Å². The van der Waals surface area contributed by atoms with Crippen molar-refractivity contribution in [1.82, 2.24) is 0 Å². The molecule has 8 heteroatoms. The number of rotatable bonds is 12. The topological polar surface area (TPSA) is 106 Å². The Morgan fingerprint density at radius 2 is 1.79 bits per heavy atom. The molecule has 0 spiro atoms. The summed E-state index contributed by atoms with van der Waals surface area (Å²) in [4.78, 5) is 21.3. The van der Waals surface area contributed by atoms with Gasteiger partial charge in [0.25, 0.3) is 0 Å². The summed E-state index contributed by atoms with van der Waals surface area (Å²) in [6.07, 6.45) is 5.91. The van der Waals surface area contributed by atoms with E-state index in [1.165, 1.54) is 12.0 Å². The molecule has 1 aliphatic heterocycles. The summed E-state index contributed by atoms with van der Waals surface area (Å²) in [5, 5.41) is 0. The van der Waals surface area contributed by atoms with Gasteiger partial charge in [-0.1, -0.05) is 40.2 Å². The van der Waals surface area contributed by atoms with E-state index in [1.54, 1.807) is 35.0 Å². The Morgan fingerprint density at radius 3 is 2.24 bits per heavy atom. The lowest BCUT2D eigenvalue weighted by Crippen LogP contribution is -2.27. The molecule has 2 rings (SSSR count). The number of hydrogen-bond donors (Lipinski definition) is 1. The molecule has 0 saturated carbocycles. The van der Waals surface area contributed by atoms with Gasteiger partial charge in [-0.25, -0.2) is 4.79 Å². The molecule has 0 radical (unpaired) electrons. The highest BCUT2D eigenvalue weighted by Gasteiger charge is 2.25. The number of nitrogens with two attached hydrogens (primary N) is 1. The van der Waals surface area contributed by atoms with Crippen LogP contribution in [0.15, 0.2) is 18.2 Å². The van der Waals surface area contributed by atoms with Crippen molar-refractivity contribution in [3.63, 3.8) is 0 Å². The zero-order valence-electron chi connectivity index (χ0n) is 25.3. The molecule has 2 unspecified atom stereocenters. The number of ether oxygens (including phenoxy) is 5. The number of amides is 1. The Hall–Kier alpha value is -2.48. The number of primary amides is 1. The molecule has 1 amide bonds. The van der Waals surface area contributed by atoms with Crippen LogP contribution in [-0.2, 0) is 25.4 Å². The van der Waals surface area contributed by atoms with Crippen LogP contribution in [0.5, 0.6) is 11.5 Å². The first-order chi connectivity index (χ1) is 17.9. The van der Waals surface area contributed by atoms with Crippen molar-refractivity contribution in [3.8, 4) is 11.5 Å². The largest absolute Gasteiger partial charge is 0.493 e. The average molecular weight is 540 g/mol. The van der Waals surface area contributed by atoms with Gasteiger partial charge in [0, 0.05) is 26.6 Å². The minimum atomic E-state index is -0.725. The van der Waals surface area contributed by atoms with E-state index < -0.39 is 11.7 Å². The van der Waals surface area contributed by atoms with Gasteiger partial charge in [0.1, 0.15) is 11.7 Å². The first-order valence-electron chi connectivity index (χ1n) is 13.8. The first-order valence-corrected chi connectivity index (χ1v) is 13.8. The smallest absolute Gasteiger partial charge is 0.405 e. The highest BCUT2D eigenvalue weighted by atomic mass is 16.6. The number of methoxy groups -OCH3 is 2. The van der Waals surface area contributed by atoms with E-state index in [4.69, 9.17) is 24.7 Å². The molecule has 1 fully saturated rings. The SMILES string of the molecule is CC(C)(C)OC(N)=O.CCC.COCCCOc1cc(CC(CCC2CCC(=O)O2)C(C)C)ccc1OC. The van der Waals surface area contributed by atoms with Crippen molar-refractivity contribution in [1.29, 1.82) is 0 Å². The number of carbonyl (C=O) groups is 2. The number of carbonyl (C=O) groups excluding carboxylic acids is 2. The van der Waals surface area contributed by atoms with Gasteiger partial charge < -0.3 is 29.4 Å². The molecule has 1 aromatic rings. The van der Waals surface area contributed by atoms with E-state index in [0.717, 1.165) is 43.6 Å². The molecule has 0 aliphatic carbocycles. The van der Waals surface area contributed by atoms with Crippen molar-refractivity contribution in [2.24, 2.45) is 17.6 Å². The van der Waals surface area contributed by atoms with Crippen LogP contribution in [0.4, 0.5) is 4.79 Å². The van der Waals surface area contributed by atoms with Crippen LogP contribution in [0.1, 0.15) is 92.6 Å². The third-order valence-electron chi connectivity index (χ3n) is 5.65. The van der Waals surface area contributed by atoms with E-state index in [9.17, 15) is 9.59 Å². The molecule has 1 saturated heterocycles. The van der Waals surface area contributed by atoms with E-state index >= 15 is 0 Å². The molecule has 0 aromatic heterocycles. The quantitative estimate of drug-likeness (QED) is 0.232. The summed E-state index contributed by atoms with van der Waals surface area (Å²) >= 11 is 0. The van der Waals surface area contributed by atoms with Crippen LogP contribution in [0, 0.1) is 11.8 Å². The van der Waals surface area contributed by atoms with Gasteiger partial charge in [-0.3, -0.25) is 4.79 Å². The van der Waals surface area contributed by atoms with Gasteiger partial charge in [-0.2, -0.15) is 0 Å². The Bertz CT molecular complexity index is 789. The summed E-state index contributed by atoms with van der Waals surface area (Å²) in [5.74, 6) is 2.61. The van der Waals surface area contributed by atoms with Crippen molar-refractivity contribution in [3.05, 3.63) is 23.8 Å². The molecule has 8 nitrogen and oxygen atoms in total. The fourth-order valence-electron chi connectivity index (χ4n) is 3.81. The zero-order valence-corrected chi connectivity index (χ0v) is 25.3. The van der Waals surface area contributed by atoms with Gasteiger partial charge in [0.05, 0.1) is 13.7 Å². The van der Waals surface area contributed by atoms with E-state index in [2.05, 4.69) is 44.6 Å². The van der Waals surface area contributed by atoms with Crippen molar-refractivity contribution in [2.75, 3.05) is 27.4 Å². The Balaban J connectivity index is 0.00000105. The summed E-state index contributed by atoms with van der Waals surface area (Å²) in [5.41, 5.74) is 5.51. The van der Waals surface area contributed by atoms with Crippen LogP contribution < -0.4 is 15.2 Å². The molecular weight excluding hydrogens is 486 g/mol. The second kappa shape index (κ2) is 19.6. The predicted molar refractivity (Wildman–Crippen MR) is 152 cm³/mol. The zero-order chi connectivity index (χ0) is 29.1. The second-order valence-electron chi connectivity index (χ2n) is 10.9.